The van der Waals surface area contributed by atoms with E-state index < -0.39 is 21.1 Å². The highest BCUT2D eigenvalue weighted by Gasteiger charge is 2.44. The van der Waals surface area contributed by atoms with E-state index in [9.17, 15) is 12.8 Å². The van der Waals surface area contributed by atoms with E-state index >= 15 is 4.39 Å². The molecular weight excluding hydrogens is 440 g/mol. The van der Waals surface area contributed by atoms with Gasteiger partial charge in [0, 0.05) is 34.8 Å². The highest BCUT2D eigenvalue weighted by molar-refractivity contribution is 7.89. The lowest BCUT2D eigenvalue weighted by Crippen LogP contribution is -2.34. The van der Waals surface area contributed by atoms with Gasteiger partial charge in [-0.05, 0) is 46.5 Å². The molecule has 2 unspecified atom stereocenters. The van der Waals surface area contributed by atoms with Crippen LogP contribution in [0.5, 0.6) is 0 Å². The standard InChI is InChI=1S/C24H22ClF2NO2S/c1-24(16-6-9-18(26)10-7-16,20-11-8-17(25)12-22(20)27)21-13-28-23-15(14-31(2,29)30)4-3-5-19(21)23/h3-12,21,28H,13-14H2,1-2H3. The van der Waals surface area contributed by atoms with Crippen molar-refractivity contribution < 1.29 is 17.2 Å². The highest BCUT2D eigenvalue weighted by atomic mass is 35.5. The van der Waals surface area contributed by atoms with Gasteiger partial charge in [-0.15, -0.1) is 0 Å². The van der Waals surface area contributed by atoms with Gasteiger partial charge < -0.3 is 5.32 Å². The molecule has 0 amide bonds. The number of nitrogens with one attached hydrogen (secondary N) is 1. The van der Waals surface area contributed by atoms with Crippen LogP contribution in [0, 0.1) is 11.6 Å². The van der Waals surface area contributed by atoms with Crippen LogP contribution in [-0.4, -0.2) is 21.2 Å². The largest absolute Gasteiger partial charge is 0.384 e. The van der Waals surface area contributed by atoms with Crippen molar-refractivity contribution in [1.29, 1.82) is 0 Å². The maximum absolute atomic E-state index is 15.2. The van der Waals surface area contributed by atoms with Gasteiger partial charge in [-0.1, -0.05) is 54.9 Å². The van der Waals surface area contributed by atoms with Gasteiger partial charge in [-0.2, -0.15) is 0 Å². The van der Waals surface area contributed by atoms with E-state index in [4.69, 9.17) is 11.6 Å². The predicted octanol–water partition coefficient (Wildman–Crippen LogP) is 5.68. The van der Waals surface area contributed by atoms with Crippen LogP contribution >= 0.6 is 11.6 Å². The molecule has 1 aliphatic rings. The summed E-state index contributed by atoms with van der Waals surface area (Å²) < 4.78 is 52.7. The molecule has 0 aromatic heterocycles. The Kier molecular flexibility index (Phi) is 5.56. The fourth-order valence-electron chi connectivity index (χ4n) is 4.61. The first-order valence-corrected chi connectivity index (χ1v) is 12.3. The lowest BCUT2D eigenvalue weighted by atomic mass is 9.65. The van der Waals surface area contributed by atoms with E-state index in [-0.39, 0.29) is 17.5 Å². The molecule has 7 heteroatoms. The average Bonchev–Trinajstić information content (AvgIpc) is 3.12. The Balaban J connectivity index is 1.91. The lowest BCUT2D eigenvalue weighted by Gasteiger charge is -2.37. The second kappa shape index (κ2) is 7.92. The molecule has 0 saturated heterocycles. The van der Waals surface area contributed by atoms with Gasteiger partial charge in [-0.3, -0.25) is 0 Å². The van der Waals surface area contributed by atoms with Gasteiger partial charge in [0.1, 0.15) is 11.6 Å². The first-order valence-electron chi connectivity index (χ1n) is 9.84. The van der Waals surface area contributed by atoms with Crippen molar-refractivity contribution in [3.8, 4) is 0 Å². The molecule has 2 atom stereocenters. The number of fused-ring (bicyclic) bond motifs is 1. The molecule has 162 valence electrons. The molecule has 3 aromatic carbocycles. The molecule has 4 rings (SSSR count). The van der Waals surface area contributed by atoms with Gasteiger partial charge in [0.05, 0.1) is 5.75 Å². The van der Waals surface area contributed by atoms with Crippen LogP contribution in [0.1, 0.15) is 35.1 Å². The summed E-state index contributed by atoms with van der Waals surface area (Å²) in [4.78, 5) is 0. The van der Waals surface area contributed by atoms with Crippen molar-refractivity contribution in [2.75, 3.05) is 18.1 Å². The van der Waals surface area contributed by atoms with Crippen LogP contribution in [0.15, 0.2) is 60.7 Å². The van der Waals surface area contributed by atoms with Crippen LogP contribution in [0.25, 0.3) is 0 Å². The summed E-state index contributed by atoms with van der Waals surface area (Å²) in [5.74, 6) is -1.12. The Bertz CT molecular complexity index is 1240. The number of anilines is 1. The molecule has 1 heterocycles. The van der Waals surface area contributed by atoms with Gasteiger partial charge in [0.15, 0.2) is 9.84 Å². The lowest BCUT2D eigenvalue weighted by molar-refractivity contribution is 0.445. The van der Waals surface area contributed by atoms with Crippen LogP contribution in [0.4, 0.5) is 14.5 Å². The zero-order valence-corrected chi connectivity index (χ0v) is 18.7. The van der Waals surface area contributed by atoms with E-state index in [1.165, 1.54) is 24.5 Å². The van der Waals surface area contributed by atoms with Gasteiger partial charge in [0.2, 0.25) is 0 Å². The normalized spacial score (nSPS) is 17.6. The third kappa shape index (κ3) is 4.06. The summed E-state index contributed by atoms with van der Waals surface area (Å²) in [6.07, 6.45) is 1.20. The minimum Gasteiger partial charge on any atom is -0.384 e. The monoisotopic (exact) mass is 461 g/mol. The summed E-state index contributed by atoms with van der Waals surface area (Å²) in [5, 5.41) is 3.64. The second-order valence-corrected chi connectivity index (χ2v) is 10.8. The van der Waals surface area contributed by atoms with Crippen molar-refractivity contribution in [1.82, 2.24) is 0 Å². The van der Waals surface area contributed by atoms with E-state index in [1.54, 1.807) is 30.3 Å². The number of rotatable bonds is 5. The zero-order valence-electron chi connectivity index (χ0n) is 17.1. The molecule has 0 bridgehead atoms. The molecule has 0 saturated carbocycles. The molecular formula is C24H22ClF2NO2S. The van der Waals surface area contributed by atoms with Gasteiger partial charge in [-0.25, -0.2) is 17.2 Å². The Morgan fingerprint density at radius 1 is 1.10 bits per heavy atom. The smallest absolute Gasteiger partial charge is 0.151 e. The SMILES string of the molecule is CC(c1ccc(F)cc1)(c1ccc(Cl)cc1F)C1CNc2c(CS(C)(=O)=O)cccc21. The van der Waals surface area contributed by atoms with Crippen LogP contribution < -0.4 is 5.32 Å². The molecule has 31 heavy (non-hydrogen) atoms. The fraction of sp³-hybridized carbons (Fsp3) is 0.250. The van der Waals surface area contributed by atoms with Crippen molar-refractivity contribution in [3.05, 3.63) is 99.6 Å². The van der Waals surface area contributed by atoms with Crippen LogP contribution in [-0.2, 0) is 21.0 Å². The van der Waals surface area contributed by atoms with Gasteiger partial charge >= 0.3 is 0 Å². The van der Waals surface area contributed by atoms with E-state index in [0.29, 0.717) is 22.7 Å². The van der Waals surface area contributed by atoms with E-state index in [2.05, 4.69) is 5.32 Å². The number of hydrogen-bond acceptors (Lipinski definition) is 3. The minimum atomic E-state index is -3.23. The number of sulfone groups is 1. The van der Waals surface area contributed by atoms with Crippen molar-refractivity contribution in [3.63, 3.8) is 0 Å². The molecule has 3 aromatic rings. The molecule has 0 spiro atoms. The fourth-order valence-corrected chi connectivity index (χ4v) is 5.57. The number of halogens is 3. The summed E-state index contributed by atoms with van der Waals surface area (Å²) in [7, 11) is -3.23. The first kappa shape index (κ1) is 21.8. The topological polar surface area (TPSA) is 46.2 Å². The van der Waals surface area contributed by atoms with E-state index in [0.717, 1.165) is 16.8 Å². The number of benzene rings is 3. The Hall–Kier alpha value is -2.44. The molecule has 0 fully saturated rings. The number of para-hydroxylation sites is 1. The zero-order chi connectivity index (χ0) is 22.4. The molecule has 0 radical (unpaired) electrons. The Morgan fingerprint density at radius 3 is 2.45 bits per heavy atom. The quantitative estimate of drug-likeness (QED) is 0.531. The highest BCUT2D eigenvalue weighted by Crippen LogP contribution is 2.50. The molecule has 1 N–H and O–H groups in total. The van der Waals surface area contributed by atoms with Gasteiger partial charge in [0.25, 0.3) is 0 Å². The predicted molar refractivity (Wildman–Crippen MR) is 120 cm³/mol. The number of hydrogen-bond donors (Lipinski definition) is 1. The van der Waals surface area contributed by atoms with Crippen molar-refractivity contribution in [2.24, 2.45) is 0 Å². The summed E-state index contributed by atoms with van der Waals surface area (Å²) in [6.45, 7) is 2.41. The summed E-state index contributed by atoms with van der Waals surface area (Å²) >= 11 is 6.00. The third-order valence-electron chi connectivity index (χ3n) is 6.09. The van der Waals surface area contributed by atoms with Crippen LogP contribution in [0.2, 0.25) is 5.02 Å². The van der Waals surface area contributed by atoms with Crippen LogP contribution in [0.3, 0.4) is 0 Å². The Labute approximate surface area is 186 Å². The molecule has 1 aliphatic heterocycles. The molecule has 3 nitrogen and oxygen atoms in total. The summed E-state index contributed by atoms with van der Waals surface area (Å²) in [6, 6.07) is 16.2. The third-order valence-corrected chi connectivity index (χ3v) is 7.16. The average molecular weight is 462 g/mol. The second-order valence-electron chi connectivity index (χ2n) is 8.22. The van der Waals surface area contributed by atoms with Crippen molar-refractivity contribution >= 4 is 27.1 Å². The van der Waals surface area contributed by atoms with E-state index in [1.807, 2.05) is 19.1 Å². The molecule has 0 aliphatic carbocycles. The minimum absolute atomic E-state index is 0.0849. The maximum Gasteiger partial charge on any atom is 0.151 e. The first-order chi connectivity index (χ1) is 14.6. The Morgan fingerprint density at radius 2 is 1.81 bits per heavy atom. The summed E-state index contributed by atoms with van der Waals surface area (Å²) in [5.41, 5.74) is 2.69. The maximum atomic E-state index is 15.2. The van der Waals surface area contributed by atoms with Crippen molar-refractivity contribution in [2.45, 2.75) is 24.0 Å².